The average Bonchev–Trinajstić information content (AvgIpc) is 2.69. The standard InChI is InChI=1S/C20H20ClN5/c21-16-5-4-8-18(15-16)25-11-13-26(14-12-25)20-22-10-9-19(24-20)23-17-6-2-1-3-7-17/h1-10,15H,11-14H2,(H,22,23,24). The van der Waals surface area contributed by atoms with Gasteiger partial charge in [-0.25, -0.2) is 4.98 Å². The second-order valence-corrected chi connectivity index (χ2v) is 6.62. The van der Waals surface area contributed by atoms with Crippen molar-refractivity contribution in [2.24, 2.45) is 0 Å². The molecule has 0 saturated carbocycles. The third kappa shape index (κ3) is 3.89. The first-order valence-electron chi connectivity index (χ1n) is 8.68. The molecule has 2 aromatic carbocycles. The van der Waals surface area contributed by atoms with E-state index in [1.165, 1.54) is 0 Å². The summed E-state index contributed by atoms with van der Waals surface area (Å²) in [5.74, 6) is 1.56. The van der Waals surface area contributed by atoms with Crippen molar-refractivity contribution in [1.29, 1.82) is 0 Å². The number of hydrogen-bond donors (Lipinski definition) is 1. The van der Waals surface area contributed by atoms with Crippen molar-refractivity contribution in [3.63, 3.8) is 0 Å². The molecular weight excluding hydrogens is 346 g/mol. The van der Waals surface area contributed by atoms with E-state index in [4.69, 9.17) is 11.6 Å². The number of aromatic nitrogens is 2. The highest BCUT2D eigenvalue weighted by Crippen LogP contribution is 2.22. The first-order chi connectivity index (χ1) is 12.8. The number of hydrogen-bond acceptors (Lipinski definition) is 5. The first kappa shape index (κ1) is 16.7. The summed E-state index contributed by atoms with van der Waals surface area (Å²) >= 11 is 6.11. The number of piperazine rings is 1. The number of anilines is 4. The highest BCUT2D eigenvalue weighted by molar-refractivity contribution is 6.30. The lowest BCUT2D eigenvalue weighted by atomic mass is 10.2. The van der Waals surface area contributed by atoms with Crippen LogP contribution in [0.15, 0.2) is 66.9 Å². The Morgan fingerprint density at radius 3 is 2.38 bits per heavy atom. The van der Waals surface area contributed by atoms with Crippen LogP contribution in [0, 0.1) is 0 Å². The van der Waals surface area contributed by atoms with Crippen LogP contribution in [0.4, 0.5) is 23.1 Å². The molecule has 0 aliphatic carbocycles. The Morgan fingerprint density at radius 1 is 0.846 bits per heavy atom. The second kappa shape index (κ2) is 7.62. The molecule has 5 nitrogen and oxygen atoms in total. The van der Waals surface area contributed by atoms with Gasteiger partial charge in [0.15, 0.2) is 0 Å². The van der Waals surface area contributed by atoms with Gasteiger partial charge >= 0.3 is 0 Å². The molecule has 1 aliphatic heterocycles. The molecule has 1 N–H and O–H groups in total. The van der Waals surface area contributed by atoms with Crippen molar-refractivity contribution in [1.82, 2.24) is 9.97 Å². The second-order valence-electron chi connectivity index (χ2n) is 6.19. The van der Waals surface area contributed by atoms with Crippen molar-refractivity contribution < 1.29 is 0 Å². The van der Waals surface area contributed by atoms with Gasteiger partial charge < -0.3 is 15.1 Å². The number of nitrogens with zero attached hydrogens (tertiary/aromatic N) is 4. The first-order valence-corrected chi connectivity index (χ1v) is 9.06. The molecule has 0 amide bonds. The van der Waals surface area contributed by atoms with Crippen LogP contribution in [0.2, 0.25) is 5.02 Å². The van der Waals surface area contributed by atoms with Gasteiger partial charge in [0.05, 0.1) is 0 Å². The van der Waals surface area contributed by atoms with E-state index in [9.17, 15) is 0 Å². The molecule has 6 heteroatoms. The lowest BCUT2D eigenvalue weighted by Crippen LogP contribution is -2.47. The summed E-state index contributed by atoms with van der Waals surface area (Å²) in [7, 11) is 0. The summed E-state index contributed by atoms with van der Waals surface area (Å²) in [4.78, 5) is 13.7. The number of rotatable bonds is 4. The molecule has 1 fully saturated rings. The molecular formula is C20H20ClN5. The van der Waals surface area contributed by atoms with E-state index in [0.29, 0.717) is 0 Å². The Kier molecular flexibility index (Phi) is 4.88. The third-order valence-electron chi connectivity index (χ3n) is 4.42. The Morgan fingerprint density at radius 2 is 1.62 bits per heavy atom. The largest absolute Gasteiger partial charge is 0.368 e. The Labute approximate surface area is 158 Å². The lowest BCUT2D eigenvalue weighted by Gasteiger charge is -2.36. The van der Waals surface area contributed by atoms with Crippen LogP contribution in [-0.4, -0.2) is 36.1 Å². The lowest BCUT2D eigenvalue weighted by molar-refractivity contribution is 0.640. The van der Waals surface area contributed by atoms with Gasteiger partial charge in [-0.05, 0) is 36.4 Å². The number of para-hydroxylation sites is 1. The Hall–Kier alpha value is -2.79. The van der Waals surface area contributed by atoms with Crippen LogP contribution in [0.25, 0.3) is 0 Å². The normalized spacial score (nSPS) is 14.3. The Balaban J connectivity index is 1.42. The van der Waals surface area contributed by atoms with Crippen molar-refractivity contribution in [3.05, 3.63) is 71.9 Å². The zero-order valence-electron chi connectivity index (χ0n) is 14.3. The van der Waals surface area contributed by atoms with Gasteiger partial charge in [-0.1, -0.05) is 35.9 Å². The summed E-state index contributed by atoms with van der Waals surface area (Å²) in [6.07, 6.45) is 1.80. The highest BCUT2D eigenvalue weighted by Gasteiger charge is 2.19. The summed E-state index contributed by atoms with van der Waals surface area (Å²) < 4.78 is 0. The molecule has 0 radical (unpaired) electrons. The van der Waals surface area contributed by atoms with E-state index in [0.717, 1.165) is 54.3 Å². The van der Waals surface area contributed by atoms with E-state index in [2.05, 4.69) is 31.2 Å². The minimum absolute atomic E-state index is 0.761. The fourth-order valence-corrected chi connectivity index (χ4v) is 3.26. The zero-order chi connectivity index (χ0) is 17.8. The molecule has 1 aliphatic rings. The van der Waals surface area contributed by atoms with Crippen LogP contribution in [0.1, 0.15) is 0 Å². The minimum atomic E-state index is 0.761. The summed E-state index contributed by atoms with van der Waals surface area (Å²) in [5.41, 5.74) is 2.18. The SMILES string of the molecule is Clc1cccc(N2CCN(c3nccc(Nc4ccccc4)n3)CC2)c1. The van der Waals surface area contributed by atoms with Crippen LogP contribution in [0.5, 0.6) is 0 Å². The molecule has 26 heavy (non-hydrogen) atoms. The van der Waals surface area contributed by atoms with Gasteiger partial charge in [0.2, 0.25) is 5.95 Å². The van der Waals surface area contributed by atoms with E-state index in [1.54, 1.807) is 6.20 Å². The summed E-state index contributed by atoms with van der Waals surface area (Å²) in [6, 6.07) is 19.9. The molecule has 2 heterocycles. The van der Waals surface area contributed by atoms with Gasteiger partial charge in [0.1, 0.15) is 5.82 Å². The van der Waals surface area contributed by atoms with Crippen LogP contribution in [-0.2, 0) is 0 Å². The maximum atomic E-state index is 6.11. The molecule has 132 valence electrons. The summed E-state index contributed by atoms with van der Waals surface area (Å²) in [6.45, 7) is 3.59. The maximum Gasteiger partial charge on any atom is 0.227 e. The smallest absolute Gasteiger partial charge is 0.227 e. The van der Waals surface area contributed by atoms with Gasteiger partial charge in [0, 0.05) is 48.8 Å². The summed E-state index contributed by atoms with van der Waals surface area (Å²) in [5, 5.41) is 4.09. The average molecular weight is 366 g/mol. The monoisotopic (exact) mass is 365 g/mol. The predicted octanol–water partition coefficient (Wildman–Crippen LogP) is 4.20. The van der Waals surface area contributed by atoms with E-state index in [-0.39, 0.29) is 0 Å². The fraction of sp³-hybridized carbons (Fsp3) is 0.200. The fourth-order valence-electron chi connectivity index (χ4n) is 3.08. The third-order valence-corrected chi connectivity index (χ3v) is 4.66. The molecule has 0 unspecified atom stereocenters. The van der Waals surface area contributed by atoms with Gasteiger partial charge in [-0.15, -0.1) is 0 Å². The van der Waals surface area contributed by atoms with Gasteiger partial charge in [-0.2, -0.15) is 4.98 Å². The van der Waals surface area contributed by atoms with Crippen LogP contribution >= 0.6 is 11.6 Å². The van der Waals surface area contributed by atoms with Gasteiger partial charge in [0.25, 0.3) is 0 Å². The number of halogens is 1. The number of benzene rings is 2. The quantitative estimate of drug-likeness (QED) is 0.750. The molecule has 0 bridgehead atoms. The molecule has 4 rings (SSSR count). The van der Waals surface area contributed by atoms with Crippen molar-refractivity contribution in [2.75, 3.05) is 41.3 Å². The van der Waals surface area contributed by atoms with Crippen molar-refractivity contribution >= 4 is 34.7 Å². The highest BCUT2D eigenvalue weighted by atomic mass is 35.5. The van der Waals surface area contributed by atoms with Crippen LogP contribution in [0.3, 0.4) is 0 Å². The topological polar surface area (TPSA) is 44.3 Å². The van der Waals surface area contributed by atoms with Gasteiger partial charge in [-0.3, -0.25) is 0 Å². The Bertz CT molecular complexity index is 863. The van der Waals surface area contributed by atoms with E-state index < -0.39 is 0 Å². The predicted molar refractivity (Wildman–Crippen MR) is 108 cm³/mol. The molecule has 0 spiro atoms. The maximum absolute atomic E-state index is 6.11. The minimum Gasteiger partial charge on any atom is -0.368 e. The molecule has 1 saturated heterocycles. The van der Waals surface area contributed by atoms with E-state index >= 15 is 0 Å². The molecule has 0 atom stereocenters. The van der Waals surface area contributed by atoms with E-state index in [1.807, 2.05) is 54.6 Å². The number of nitrogens with one attached hydrogen (secondary N) is 1. The van der Waals surface area contributed by atoms with Crippen LogP contribution < -0.4 is 15.1 Å². The molecule has 3 aromatic rings. The van der Waals surface area contributed by atoms with Crippen molar-refractivity contribution in [3.8, 4) is 0 Å². The molecule has 1 aromatic heterocycles. The zero-order valence-corrected chi connectivity index (χ0v) is 15.1. The van der Waals surface area contributed by atoms with Crippen molar-refractivity contribution in [2.45, 2.75) is 0 Å².